The van der Waals surface area contributed by atoms with E-state index in [0.717, 1.165) is 81.9 Å². The van der Waals surface area contributed by atoms with Crippen molar-refractivity contribution in [1.29, 1.82) is 0 Å². The summed E-state index contributed by atoms with van der Waals surface area (Å²) < 4.78 is 5.58. The second-order valence-corrected chi connectivity index (χ2v) is 13.0. The standard InChI is InChI=1S/C28H43NO4S/c1-18-5-7-20(8-6-18)26(30)29(21-9-11-22(33-4)12-10-21)23-17-24(34-25(23)27(31)32)19-13-15-28(2,3)16-14-19/h17-22H,5-16H2,1-4H3,(H,31,32). The number of carboxylic acids is 1. The lowest BCUT2D eigenvalue weighted by Crippen LogP contribution is -2.47. The van der Waals surface area contributed by atoms with Gasteiger partial charge in [0.15, 0.2) is 0 Å². The highest BCUT2D eigenvalue weighted by Crippen LogP contribution is 2.47. The molecule has 4 rings (SSSR count). The van der Waals surface area contributed by atoms with E-state index in [0.29, 0.717) is 27.8 Å². The summed E-state index contributed by atoms with van der Waals surface area (Å²) in [5.74, 6) is 0.346. The van der Waals surface area contributed by atoms with Crippen LogP contribution in [0.3, 0.4) is 0 Å². The molecule has 3 saturated carbocycles. The van der Waals surface area contributed by atoms with Gasteiger partial charge in [0.2, 0.25) is 5.91 Å². The molecule has 5 nitrogen and oxygen atoms in total. The van der Waals surface area contributed by atoms with Crippen LogP contribution in [0.25, 0.3) is 0 Å². The van der Waals surface area contributed by atoms with Gasteiger partial charge in [-0.15, -0.1) is 11.3 Å². The van der Waals surface area contributed by atoms with Crippen LogP contribution in [0.2, 0.25) is 0 Å². The van der Waals surface area contributed by atoms with Gasteiger partial charge in [-0.1, -0.05) is 20.8 Å². The number of aromatic carboxylic acids is 1. The first-order valence-electron chi connectivity index (χ1n) is 13.4. The van der Waals surface area contributed by atoms with E-state index in [1.54, 1.807) is 7.11 Å². The molecule has 1 aromatic rings. The fourth-order valence-corrected chi connectivity index (χ4v) is 7.51. The summed E-state index contributed by atoms with van der Waals surface area (Å²) in [5.41, 5.74) is 1.04. The summed E-state index contributed by atoms with van der Waals surface area (Å²) >= 11 is 1.42. The van der Waals surface area contributed by atoms with Crippen molar-refractivity contribution in [3.8, 4) is 0 Å². The summed E-state index contributed by atoms with van der Waals surface area (Å²) in [7, 11) is 1.76. The summed E-state index contributed by atoms with van der Waals surface area (Å²) in [6, 6.07) is 2.15. The highest BCUT2D eigenvalue weighted by atomic mass is 32.1. The number of methoxy groups -OCH3 is 1. The van der Waals surface area contributed by atoms with Crippen LogP contribution >= 0.6 is 11.3 Å². The lowest BCUT2D eigenvalue weighted by atomic mass is 9.73. The number of thiophene rings is 1. The SMILES string of the molecule is COC1CCC(N(C(=O)C2CCC(C)CC2)c2cc(C3CCC(C)(C)CC3)sc2C(=O)O)CC1. The molecule has 190 valence electrons. The highest BCUT2D eigenvalue weighted by Gasteiger charge is 2.38. The number of rotatable bonds is 6. The van der Waals surface area contributed by atoms with Crippen LogP contribution in [0.1, 0.15) is 118 Å². The molecule has 6 heteroatoms. The zero-order valence-corrected chi connectivity index (χ0v) is 22.3. The molecule has 0 radical (unpaired) electrons. The number of carbonyl (C=O) groups is 2. The molecular formula is C28H43NO4S. The smallest absolute Gasteiger partial charge is 0.348 e. The highest BCUT2D eigenvalue weighted by molar-refractivity contribution is 7.14. The van der Waals surface area contributed by atoms with Crippen molar-refractivity contribution >= 4 is 28.9 Å². The molecule has 34 heavy (non-hydrogen) atoms. The van der Waals surface area contributed by atoms with Crippen LogP contribution < -0.4 is 4.90 Å². The lowest BCUT2D eigenvalue weighted by molar-refractivity contribution is -0.124. The molecule has 0 unspecified atom stereocenters. The zero-order valence-electron chi connectivity index (χ0n) is 21.5. The van der Waals surface area contributed by atoms with Gasteiger partial charge in [-0.25, -0.2) is 4.79 Å². The maximum atomic E-state index is 14.0. The first-order valence-corrected chi connectivity index (χ1v) is 14.2. The third-order valence-electron chi connectivity index (χ3n) is 8.87. The average molecular weight is 490 g/mol. The Bertz CT molecular complexity index is 852. The van der Waals surface area contributed by atoms with Crippen LogP contribution in [0.15, 0.2) is 6.07 Å². The number of carboxylic acid groups (broad SMARTS) is 1. The Morgan fingerprint density at radius 3 is 2.18 bits per heavy atom. The van der Waals surface area contributed by atoms with Gasteiger partial charge < -0.3 is 14.7 Å². The van der Waals surface area contributed by atoms with E-state index in [4.69, 9.17) is 4.74 Å². The molecule has 1 amide bonds. The molecular weight excluding hydrogens is 446 g/mol. The van der Waals surface area contributed by atoms with Gasteiger partial charge in [-0.3, -0.25) is 4.79 Å². The number of anilines is 1. The first-order chi connectivity index (χ1) is 16.2. The molecule has 0 saturated heterocycles. The topological polar surface area (TPSA) is 66.8 Å². The van der Waals surface area contributed by atoms with Crippen LogP contribution in [-0.2, 0) is 9.53 Å². The molecule has 3 aliphatic carbocycles. The van der Waals surface area contributed by atoms with E-state index >= 15 is 0 Å². The first kappa shape index (κ1) is 25.7. The molecule has 1 heterocycles. The number of hydrogen-bond acceptors (Lipinski definition) is 4. The minimum Gasteiger partial charge on any atom is -0.477 e. The Hall–Kier alpha value is -1.40. The van der Waals surface area contributed by atoms with Crippen molar-refractivity contribution in [2.45, 2.75) is 116 Å². The predicted molar refractivity (Wildman–Crippen MR) is 138 cm³/mol. The Kier molecular flexibility index (Phi) is 8.08. The van der Waals surface area contributed by atoms with E-state index in [-0.39, 0.29) is 24.0 Å². The van der Waals surface area contributed by atoms with Crippen molar-refractivity contribution in [3.63, 3.8) is 0 Å². The van der Waals surface area contributed by atoms with Crippen molar-refractivity contribution in [2.75, 3.05) is 12.0 Å². The number of ether oxygens (including phenoxy) is 1. The van der Waals surface area contributed by atoms with Crippen molar-refractivity contribution in [2.24, 2.45) is 17.3 Å². The van der Waals surface area contributed by atoms with Crippen molar-refractivity contribution in [1.82, 2.24) is 0 Å². The quantitative estimate of drug-likeness (QED) is 0.457. The van der Waals surface area contributed by atoms with Crippen molar-refractivity contribution < 1.29 is 19.4 Å². The molecule has 0 aromatic carbocycles. The Morgan fingerprint density at radius 2 is 1.62 bits per heavy atom. The van der Waals surface area contributed by atoms with Gasteiger partial charge in [-0.05, 0) is 100 Å². The van der Waals surface area contributed by atoms with Crippen LogP contribution in [-0.4, -0.2) is 36.2 Å². The number of amides is 1. The Morgan fingerprint density at radius 1 is 1.00 bits per heavy atom. The molecule has 0 atom stereocenters. The van der Waals surface area contributed by atoms with Crippen molar-refractivity contribution in [3.05, 3.63) is 15.8 Å². The van der Waals surface area contributed by atoms with Gasteiger partial charge in [0, 0.05) is 23.9 Å². The molecule has 3 fully saturated rings. The van der Waals surface area contributed by atoms with E-state index in [1.807, 2.05) is 4.90 Å². The molecule has 0 spiro atoms. The summed E-state index contributed by atoms with van der Waals surface area (Å²) in [6.45, 7) is 6.92. The van der Waals surface area contributed by atoms with E-state index in [1.165, 1.54) is 11.3 Å². The second kappa shape index (κ2) is 10.7. The minimum atomic E-state index is -0.900. The van der Waals surface area contributed by atoms with Gasteiger partial charge >= 0.3 is 5.97 Å². The van der Waals surface area contributed by atoms with Crippen LogP contribution in [0.5, 0.6) is 0 Å². The van der Waals surface area contributed by atoms with Crippen LogP contribution in [0.4, 0.5) is 5.69 Å². The predicted octanol–water partition coefficient (Wildman–Crippen LogP) is 7.25. The molecule has 0 aliphatic heterocycles. The second-order valence-electron chi connectivity index (χ2n) is 11.9. The lowest BCUT2D eigenvalue weighted by Gasteiger charge is -2.39. The van der Waals surface area contributed by atoms with Gasteiger partial charge in [0.05, 0.1) is 11.8 Å². The largest absolute Gasteiger partial charge is 0.477 e. The number of nitrogens with zero attached hydrogens (tertiary/aromatic N) is 1. The van der Waals surface area contributed by atoms with Gasteiger partial charge in [-0.2, -0.15) is 0 Å². The fourth-order valence-electron chi connectivity index (χ4n) is 6.36. The molecule has 0 bridgehead atoms. The van der Waals surface area contributed by atoms with E-state index < -0.39 is 5.97 Å². The van der Waals surface area contributed by atoms with Crippen LogP contribution in [0, 0.1) is 17.3 Å². The Labute approximate surface area is 209 Å². The summed E-state index contributed by atoms with van der Waals surface area (Å²) in [6.07, 6.45) is 12.3. The van der Waals surface area contributed by atoms with Gasteiger partial charge in [0.25, 0.3) is 0 Å². The minimum absolute atomic E-state index is 0.0109. The summed E-state index contributed by atoms with van der Waals surface area (Å²) in [5, 5.41) is 10.2. The van der Waals surface area contributed by atoms with E-state index in [2.05, 4.69) is 26.8 Å². The summed E-state index contributed by atoms with van der Waals surface area (Å²) in [4.78, 5) is 29.9. The number of hydrogen-bond donors (Lipinski definition) is 1. The third kappa shape index (κ3) is 5.70. The Balaban J connectivity index is 1.65. The molecule has 1 N–H and O–H groups in total. The zero-order chi connectivity index (χ0) is 24.5. The molecule has 3 aliphatic rings. The maximum absolute atomic E-state index is 14.0. The third-order valence-corrected chi connectivity index (χ3v) is 10.1. The van der Waals surface area contributed by atoms with E-state index in [9.17, 15) is 14.7 Å². The molecule has 1 aromatic heterocycles. The fraction of sp³-hybridized carbons (Fsp3) is 0.786. The normalized spacial score (nSPS) is 30.1. The van der Waals surface area contributed by atoms with Gasteiger partial charge in [0.1, 0.15) is 4.88 Å². The maximum Gasteiger partial charge on any atom is 0.348 e. The monoisotopic (exact) mass is 489 g/mol. The number of carbonyl (C=O) groups excluding carboxylic acids is 1. The average Bonchev–Trinajstić information content (AvgIpc) is 3.25.